The Labute approximate surface area is 173 Å². The first-order valence-electron chi connectivity index (χ1n) is 8.68. The summed E-state index contributed by atoms with van der Waals surface area (Å²) in [4.78, 5) is 16.6. The van der Waals surface area contributed by atoms with Crippen LogP contribution in [0.1, 0.15) is 16.1 Å². The number of nitrogens with one attached hydrogen (secondary N) is 1. The Balaban J connectivity index is 1.89. The molecule has 11 heteroatoms. The molecule has 10 nitrogen and oxygen atoms in total. The normalized spacial score (nSPS) is 11.0. The van der Waals surface area contributed by atoms with E-state index < -0.39 is 15.9 Å². The lowest BCUT2D eigenvalue weighted by atomic mass is 10.2. The highest BCUT2D eigenvalue weighted by atomic mass is 32.2. The fourth-order valence-electron chi connectivity index (χ4n) is 2.75. The van der Waals surface area contributed by atoms with Gasteiger partial charge in [0.15, 0.2) is 4.90 Å². The summed E-state index contributed by atoms with van der Waals surface area (Å²) < 4.78 is 44.9. The van der Waals surface area contributed by atoms with Gasteiger partial charge in [-0.05, 0) is 24.3 Å². The maximum atomic E-state index is 12.9. The predicted octanol–water partition coefficient (Wildman–Crippen LogP) is 1.47. The molecule has 0 spiro atoms. The average molecular weight is 432 g/mol. The number of amides is 1. The van der Waals surface area contributed by atoms with Gasteiger partial charge in [-0.3, -0.25) is 14.5 Å². The van der Waals surface area contributed by atoms with Gasteiger partial charge in [0.25, 0.3) is 15.9 Å². The molecule has 3 rings (SSSR count). The van der Waals surface area contributed by atoms with Crippen LogP contribution in [0, 0.1) is 0 Å². The Morgan fingerprint density at radius 3 is 2.30 bits per heavy atom. The molecular formula is C19H20N4O6S. The second kappa shape index (κ2) is 8.82. The molecule has 0 bridgehead atoms. The maximum Gasteiger partial charge on any atom is 0.271 e. The van der Waals surface area contributed by atoms with Crippen LogP contribution in [0.4, 0.5) is 0 Å². The third-order valence-corrected chi connectivity index (χ3v) is 5.56. The Kier molecular flexibility index (Phi) is 6.21. The summed E-state index contributed by atoms with van der Waals surface area (Å²) in [6.07, 6.45) is 4.66. The molecule has 0 saturated heterocycles. The van der Waals surface area contributed by atoms with Crippen LogP contribution in [-0.4, -0.2) is 50.4 Å². The number of hydrogen-bond acceptors (Lipinski definition) is 8. The van der Waals surface area contributed by atoms with Crippen LogP contribution in [0.25, 0.3) is 0 Å². The molecule has 1 aromatic carbocycles. The molecule has 1 N–H and O–H groups in total. The molecule has 0 aliphatic carbocycles. The second-order valence-corrected chi connectivity index (χ2v) is 7.62. The highest BCUT2D eigenvalue weighted by Crippen LogP contribution is 2.32. The van der Waals surface area contributed by atoms with Crippen LogP contribution in [0.5, 0.6) is 17.2 Å². The van der Waals surface area contributed by atoms with Crippen molar-refractivity contribution in [2.75, 3.05) is 21.3 Å². The van der Waals surface area contributed by atoms with Gasteiger partial charge in [0, 0.05) is 18.6 Å². The van der Waals surface area contributed by atoms with Gasteiger partial charge in [-0.1, -0.05) is 6.07 Å². The second-order valence-electron chi connectivity index (χ2n) is 6.00. The number of carbonyl (C=O) groups is 1. The smallest absolute Gasteiger partial charge is 0.271 e. The summed E-state index contributed by atoms with van der Waals surface area (Å²) >= 11 is 0. The van der Waals surface area contributed by atoms with Crippen LogP contribution < -0.4 is 18.9 Å². The number of benzene rings is 1. The average Bonchev–Trinajstić information content (AvgIpc) is 3.26. The molecule has 0 atom stereocenters. The SMILES string of the molecule is COc1cc(C(=O)NS(=O)(=O)c2c(OC)cccc2OC)cnc1Cn1cccn1. The van der Waals surface area contributed by atoms with E-state index in [-0.39, 0.29) is 22.0 Å². The highest BCUT2D eigenvalue weighted by Gasteiger charge is 2.27. The number of pyridine rings is 1. The van der Waals surface area contributed by atoms with Gasteiger partial charge in [0.05, 0.1) is 33.4 Å². The van der Waals surface area contributed by atoms with Gasteiger partial charge in [0.2, 0.25) is 0 Å². The first kappa shape index (κ1) is 21.1. The molecule has 0 radical (unpaired) electrons. The zero-order valence-corrected chi connectivity index (χ0v) is 17.3. The number of hydrogen-bond donors (Lipinski definition) is 1. The van der Waals surface area contributed by atoms with Crippen LogP contribution in [-0.2, 0) is 16.6 Å². The zero-order valence-electron chi connectivity index (χ0n) is 16.5. The van der Waals surface area contributed by atoms with E-state index >= 15 is 0 Å². The maximum absolute atomic E-state index is 12.9. The van der Waals surface area contributed by atoms with E-state index in [0.717, 1.165) is 0 Å². The van der Waals surface area contributed by atoms with Gasteiger partial charge in [-0.25, -0.2) is 13.1 Å². The molecule has 0 saturated carbocycles. The van der Waals surface area contributed by atoms with Gasteiger partial charge < -0.3 is 14.2 Å². The van der Waals surface area contributed by atoms with Crippen molar-refractivity contribution >= 4 is 15.9 Å². The molecule has 30 heavy (non-hydrogen) atoms. The van der Waals surface area contributed by atoms with Crippen LogP contribution in [0.15, 0.2) is 53.8 Å². The zero-order chi connectivity index (χ0) is 21.7. The fraction of sp³-hybridized carbons (Fsp3) is 0.211. The lowest BCUT2D eigenvalue weighted by Crippen LogP contribution is -2.31. The number of nitrogens with zero attached hydrogens (tertiary/aromatic N) is 3. The molecule has 0 fully saturated rings. The Hall–Kier alpha value is -3.60. The minimum absolute atomic E-state index is 0.00788. The lowest BCUT2D eigenvalue weighted by molar-refractivity contribution is 0.0980. The summed E-state index contributed by atoms with van der Waals surface area (Å²) in [6, 6.07) is 7.67. The third kappa shape index (κ3) is 4.35. The fourth-order valence-corrected chi connectivity index (χ4v) is 4.05. The largest absolute Gasteiger partial charge is 0.495 e. The Bertz CT molecular complexity index is 1120. The van der Waals surface area contributed by atoms with E-state index in [9.17, 15) is 13.2 Å². The molecule has 0 aliphatic rings. The van der Waals surface area contributed by atoms with Crippen molar-refractivity contribution in [3.8, 4) is 17.2 Å². The van der Waals surface area contributed by atoms with Gasteiger partial charge >= 0.3 is 0 Å². The standard InChI is InChI=1S/C19H20N4O6S/c1-27-15-6-4-7-16(28-2)18(15)30(25,26)22-19(24)13-10-17(29-3)14(20-11-13)12-23-9-5-8-21-23/h4-11H,12H2,1-3H3,(H,22,24). The van der Waals surface area contributed by atoms with E-state index in [1.54, 1.807) is 29.2 Å². The first-order chi connectivity index (χ1) is 14.4. The van der Waals surface area contributed by atoms with Crippen LogP contribution >= 0.6 is 0 Å². The number of rotatable bonds is 8. The predicted molar refractivity (Wildman–Crippen MR) is 106 cm³/mol. The number of aromatic nitrogens is 3. The molecule has 158 valence electrons. The van der Waals surface area contributed by atoms with Crippen molar-refractivity contribution < 1.29 is 27.4 Å². The van der Waals surface area contributed by atoms with Crippen molar-refractivity contribution in [2.24, 2.45) is 0 Å². The summed E-state index contributed by atoms with van der Waals surface area (Å²) in [5.74, 6) is -0.468. The first-order valence-corrected chi connectivity index (χ1v) is 10.2. The lowest BCUT2D eigenvalue weighted by Gasteiger charge is -2.14. The van der Waals surface area contributed by atoms with E-state index in [1.807, 2.05) is 4.72 Å². The van der Waals surface area contributed by atoms with Crippen molar-refractivity contribution in [1.82, 2.24) is 19.5 Å². The summed E-state index contributed by atoms with van der Waals surface area (Å²) in [7, 11) is -0.220. The van der Waals surface area contributed by atoms with E-state index in [0.29, 0.717) is 18.0 Å². The molecule has 1 amide bonds. The topological polar surface area (TPSA) is 122 Å². The van der Waals surface area contributed by atoms with Gasteiger partial charge in [0.1, 0.15) is 22.9 Å². The summed E-state index contributed by atoms with van der Waals surface area (Å²) in [5, 5.41) is 4.10. The van der Waals surface area contributed by atoms with E-state index in [1.165, 1.54) is 45.7 Å². The summed E-state index contributed by atoms with van der Waals surface area (Å²) in [6.45, 7) is 0.328. The third-order valence-electron chi connectivity index (χ3n) is 4.16. The number of ether oxygens (including phenoxy) is 3. The van der Waals surface area contributed by atoms with E-state index in [2.05, 4.69) is 10.1 Å². The number of methoxy groups -OCH3 is 3. The molecular weight excluding hydrogens is 412 g/mol. The number of sulfonamides is 1. The number of carbonyl (C=O) groups excluding carboxylic acids is 1. The molecule has 2 aromatic heterocycles. The minimum Gasteiger partial charge on any atom is -0.495 e. The summed E-state index contributed by atoms with van der Waals surface area (Å²) in [5.41, 5.74) is 0.542. The minimum atomic E-state index is -4.30. The quantitative estimate of drug-likeness (QED) is 0.568. The van der Waals surface area contributed by atoms with Gasteiger partial charge in [-0.15, -0.1) is 0 Å². The Morgan fingerprint density at radius 1 is 1.07 bits per heavy atom. The van der Waals surface area contributed by atoms with Crippen LogP contribution in [0.2, 0.25) is 0 Å². The monoisotopic (exact) mass is 432 g/mol. The van der Waals surface area contributed by atoms with Crippen molar-refractivity contribution in [1.29, 1.82) is 0 Å². The van der Waals surface area contributed by atoms with Crippen molar-refractivity contribution in [3.05, 3.63) is 60.2 Å². The molecule has 3 aromatic rings. The van der Waals surface area contributed by atoms with E-state index in [4.69, 9.17) is 14.2 Å². The molecule has 0 aliphatic heterocycles. The van der Waals surface area contributed by atoms with Crippen molar-refractivity contribution in [3.63, 3.8) is 0 Å². The molecule has 0 unspecified atom stereocenters. The highest BCUT2D eigenvalue weighted by molar-refractivity contribution is 7.90. The van der Waals surface area contributed by atoms with Gasteiger partial charge in [-0.2, -0.15) is 5.10 Å². The molecule has 2 heterocycles. The Morgan fingerprint density at radius 2 is 1.73 bits per heavy atom. The van der Waals surface area contributed by atoms with Crippen LogP contribution in [0.3, 0.4) is 0 Å². The van der Waals surface area contributed by atoms with Crippen molar-refractivity contribution in [2.45, 2.75) is 11.4 Å².